The van der Waals surface area contributed by atoms with Crippen LogP contribution in [0.1, 0.15) is 17.4 Å². The fourth-order valence-electron chi connectivity index (χ4n) is 3.03. The van der Waals surface area contributed by atoms with E-state index in [1.54, 1.807) is 11.3 Å². The first-order chi connectivity index (χ1) is 12.0. The number of amides is 1. The van der Waals surface area contributed by atoms with E-state index < -0.39 is 5.97 Å². The molecule has 1 fully saturated rings. The number of carboxylic acids is 1. The third kappa shape index (κ3) is 3.88. The van der Waals surface area contributed by atoms with E-state index in [1.165, 1.54) is 10.5 Å². The molecule has 1 aliphatic heterocycles. The van der Waals surface area contributed by atoms with Crippen LogP contribution < -0.4 is 0 Å². The SMILES string of the molecule is Cc1ccccc1-c1ncc(CN2CCN(CC(=O)O)C(=O)[C@@H]2C)s1. The van der Waals surface area contributed by atoms with Gasteiger partial charge in [-0.3, -0.25) is 14.5 Å². The average Bonchev–Trinajstić information content (AvgIpc) is 3.03. The van der Waals surface area contributed by atoms with Crippen LogP contribution in [0.4, 0.5) is 0 Å². The molecule has 2 heterocycles. The van der Waals surface area contributed by atoms with Crippen LogP contribution in [0, 0.1) is 6.92 Å². The molecule has 1 saturated heterocycles. The second-order valence-electron chi connectivity index (χ2n) is 6.25. The lowest BCUT2D eigenvalue weighted by atomic mass is 10.1. The summed E-state index contributed by atoms with van der Waals surface area (Å²) in [6.07, 6.45) is 1.87. The van der Waals surface area contributed by atoms with Crippen molar-refractivity contribution in [3.63, 3.8) is 0 Å². The molecule has 3 rings (SSSR count). The van der Waals surface area contributed by atoms with Gasteiger partial charge in [0, 0.05) is 36.3 Å². The first-order valence-corrected chi connectivity index (χ1v) is 9.02. The maximum atomic E-state index is 12.3. The first kappa shape index (κ1) is 17.6. The van der Waals surface area contributed by atoms with Gasteiger partial charge in [-0.05, 0) is 19.4 Å². The predicted octanol–water partition coefficient (Wildman–Crippen LogP) is 2.24. The van der Waals surface area contributed by atoms with Gasteiger partial charge in [-0.15, -0.1) is 11.3 Å². The summed E-state index contributed by atoms with van der Waals surface area (Å²) in [5.74, 6) is -1.10. The predicted molar refractivity (Wildman–Crippen MR) is 96.4 cm³/mol. The van der Waals surface area contributed by atoms with Gasteiger partial charge in [-0.1, -0.05) is 24.3 Å². The summed E-state index contributed by atoms with van der Waals surface area (Å²) in [6, 6.07) is 7.83. The van der Waals surface area contributed by atoms with Crippen LogP contribution in [0.15, 0.2) is 30.5 Å². The summed E-state index contributed by atoms with van der Waals surface area (Å²) >= 11 is 1.64. The van der Waals surface area contributed by atoms with Gasteiger partial charge in [0.25, 0.3) is 0 Å². The molecule has 0 aliphatic carbocycles. The Kier molecular flexibility index (Phi) is 5.15. The third-order valence-electron chi connectivity index (χ3n) is 4.49. The summed E-state index contributed by atoms with van der Waals surface area (Å²) in [5.41, 5.74) is 2.32. The fourth-order valence-corrected chi connectivity index (χ4v) is 4.06. The standard InChI is InChI=1S/C18H21N3O3S/c1-12-5-3-4-6-15(12)17-19-9-14(25-17)10-20-7-8-21(11-16(22)23)18(24)13(20)2/h3-6,9,13H,7-8,10-11H2,1-2H3,(H,22,23)/t13-/m0/s1. The van der Waals surface area contributed by atoms with Crippen molar-refractivity contribution in [3.8, 4) is 10.6 Å². The molecule has 1 amide bonds. The molecule has 0 radical (unpaired) electrons. The molecule has 1 aromatic heterocycles. The number of nitrogens with zero attached hydrogens (tertiary/aromatic N) is 3. The third-order valence-corrected chi connectivity index (χ3v) is 5.50. The number of carboxylic acid groups (broad SMARTS) is 1. The van der Waals surface area contributed by atoms with E-state index in [0.717, 1.165) is 15.4 Å². The second-order valence-corrected chi connectivity index (χ2v) is 7.36. The van der Waals surface area contributed by atoms with Crippen molar-refractivity contribution in [2.45, 2.75) is 26.4 Å². The molecule has 0 spiro atoms. The lowest BCUT2D eigenvalue weighted by Crippen LogP contribution is -2.56. The van der Waals surface area contributed by atoms with Gasteiger partial charge in [0.05, 0.1) is 6.04 Å². The average molecular weight is 359 g/mol. The summed E-state index contributed by atoms with van der Waals surface area (Å²) in [6.45, 7) is 5.43. The van der Waals surface area contributed by atoms with E-state index in [4.69, 9.17) is 5.11 Å². The molecule has 1 aromatic carbocycles. The zero-order valence-corrected chi connectivity index (χ0v) is 15.1. The number of thiazole rings is 1. The Labute approximate surface area is 150 Å². The Bertz CT molecular complexity index is 789. The fraction of sp³-hybridized carbons (Fsp3) is 0.389. The Morgan fingerprint density at radius 3 is 2.84 bits per heavy atom. The Morgan fingerprint density at radius 1 is 1.36 bits per heavy atom. The molecule has 25 heavy (non-hydrogen) atoms. The van der Waals surface area contributed by atoms with E-state index in [2.05, 4.69) is 28.9 Å². The first-order valence-electron chi connectivity index (χ1n) is 8.21. The van der Waals surface area contributed by atoms with Crippen molar-refractivity contribution in [2.24, 2.45) is 0 Å². The van der Waals surface area contributed by atoms with E-state index in [-0.39, 0.29) is 18.5 Å². The molecule has 0 bridgehead atoms. The number of aromatic nitrogens is 1. The number of carbonyl (C=O) groups excluding carboxylic acids is 1. The molecule has 7 heteroatoms. The van der Waals surface area contributed by atoms with Crippen LogP contribution in [-0.2, 0) is 16.1 Å². The Balaban J connectivity index is 1.69. The highest BCUT2D eigenvalue weighted by Gasteiger charge is 2.32. The minimum Gasteiger partial charge on any atom is -0.480 e. The van der Waals surface area contributed by atoms with Gasteiger partial charge in [-0.25, -0.2) is 4.98 Å². The summed E-state index contributed by atoms with van der Waals surface area (Å²) in [7, 11) is 0. The molecule has 0 unspecified atom stereocenters. The zero-order chi connectivity index (χ0) is 18.0. The highest BCUT2D eigenvalue weighted by Crippen LogP contribution is 2.29. The zero-order valence-electron chi connectivity index (χ0n) is 14.3. The monoisotopic (exact) mass is 359 g/mol. The van der Waals surface area contributed by atoms with Crippen molar-refractivity contribution in [1.29, 1.82) is 0 Å². The summed E-state index contributed by atoms with van der Waals surface area (Å²) in [5, 5.41) is 9.87. The maximum Gasteiger partial charge on any atom is 0.323 e. The molecule has 132 valence electrons. The van der Waals surface area contributed by atoms with Crippen molar-refractivity contribution in [2.75, 3.05) is 19.6 Å². The number of benzene rings is 1. The number of rotatable bonds is 5. The van der Waals surface area contributed by atoms with Crippen LogP contribution >= 0.6 is 11.3 Å². The highest BCUT2D eigenvalue weighted by molar-refractivity contribution is 7.15. The number of carbonyl (C=O) groups is 2. The number of aliphatic carboxylic acids is 1. The van der Waals surface area contributed by atoms with Gasteiger partial charge < -0.3 is 10.0 Å². The molecule has 6 nitrogen and oxygen atoms in total. The van der Waals surface area contributed by atoms with Crippen molar-refractivity contribution in [3.05, 3.63) is 40.9 Å². The van der Waals surface area contributed by atoms with E-state index in [0.29, 0.717) is 19.6 Å². The van der Waals surface area contributed by atoms with E-state index in [9.17, 15) is 9.59 Å². The van der Waals surface area contributed by atoms with Gasteiger partial charge in [-0.2, -0.15) is 0 Å². The van der Waals surface area contributed by atoms with Gasteiger partial charge in [0.1, 0.15) is 11.6 Å². The normalized spacial score (nSPS) is 18.6. The molecule has 0 saturated carbocycles. The molecular formula is C18H21N3O3S. The maximum absolute atomic E-state index is 12.3. The van der Waals surface area contributed by atoms with Crippen LogP contribution in [0.2, 0.25) is 0 Å². The minimum atomic E-state index is -0.973. The van der Waals surface area contributed by atoms with Crippen LogP contribution in [0.25, 0.3) is 10.6 Å². The van der Waals surface area contributed by atoms with E-state index in [1.807, 2.05) is 25.3 Å². The van der Waals surface area contributed by atoms with E-state index >= 15 is 0 Å². The summed E-state index contributed by atoms with van der Waals surface area (Å²) in [4.78, 5) is 32.3. The lowest BCUT2D eigenvalue weighted by molar-refractivity contribution is -0.150. The van der Waals surface area contributed by atoms with Gasteiger partial charge in [0.2, 0.25) is 5.91 Å². The Morgan fingerprint density at radius 2 is 2.12 bits per heavy atom. The number of hydrogen-bond donors (Lipinski definition) is 1. The minimum absolute atomic E-state index is 0.128. The number of piperazine rings is 1. The molecule has 1 atom stereocenters. The van der Waals surface area contributed by atoms with Gasteiger partial charge in [0.15, 0.2) is 0 Å². The second kappa shape index (κ2) is 7.33. The highest BCUT2D eigenvalue weighted by atomic mass is 32.1. The molecule has 1 N–H and O–H groups in total. The quantitative estimate of drug-likeness (QED) is 0.886. The number of aryl methyl sites for hydroxylation is 1. The van der Waals surface area contributed by atoms with Crippen LogP contribution in [-0.4, -0.2) is 57.4 Å². The van der Waals surface area contributed by atoms with Crippen LogP contribution in [0.5, 0.6) is 0 Å². The molecular weight excluding hydrogens is 338 g/mol. The molecule has 1 aliphatic rings. The van der Waals surface area contributed by atoms with Crippen molar-refractivity contribution in [1.82, 2.24) is 14.8 Å². The molecule has 2 aromatic rings. The Hall–Kier alpha value is -2.25. The summed E-state index contributed by atoms with van der Waals surface area (Å²) < 4.78 is 0. The van der Waals surface area contributed by atoms with Crippen LogP contribution in [0.3, 0.4) is 0 Å². The van der Waals surface area contributed by atoms with Gasteiger partial charge >= 0.3 is 5.97 Å². The smallest absolute Gasteiger partial charge is 0.323 e. The number of hydrogen-bond acceptors (Lipinski definition) is 5. The van der Waals surface area contributed by atoms with Crippen molar-refractivity contribution >= 4 is 23.2 Å². The lowest BCUT2D eigenvalue weighted by Gasteiger charge is -2.38. The topological polar surface area (TPSA) is 73.7 Å². The largest absolute Gasteiger partial charge is 0.480 e. The van der Waals surface area contributed by atoms with Crippen molar-refractivity contribution < 1.29 is 14.7 Å².